The Balaban J connectivity index is 1.27. The number of aromatic nitrogens is 2. The maximum absolute atomic E-state index is 12.8. The van der Waals surface area contributed by atoms with E-state index in [1.165, 1.54) is 10.9 Å². The highest BCUT2D eigenvalue weighted by molar-refractivity contribution is 6.01. The Labute approximate surface area is 195 Å². The van der Waals surface area contributed by atoms with Crippen molar-refractivity contribution in [3.63, 3.8) is 0 Å². The highest BCUT2D eigenvalue weighted by atomic mass is 16.5. The summed E-state index contributed by atoms with van der Waals surface area (Å²) in [4.78, 5) is 36.5. The van der Waals surface area contributed by atoms with Crippen LogP contribution in [0.4, 0.5) is 10.5 Å². The molecule has 1 aromatic heterocycles. The predicted octanol–water partition coefficient (Wildman–Crippen LogP) is 3.52. The SMILES string of the molecule is Cn1cc(NC(=O)OCC2c3ccccc3-c3ccccc32)c(C(=O)NC2(CC(=O)O)CC2)n1. The predicted molar refractivity (Wildman–Crippen MR) is 124 cm³/mol. The number of carboxylic acids is 1. The minimum Gasteiger partial charge on any atom is -0.481 e. The second kappa shape index (κ2) is 8.33. The van der Waals surface area contributed by atoms with E-state index < -0.39 is 23.5 Å². The summed E-state index contributed by atoms with van der Waals surface area (Å²) in [5.41, 5.74) is 3.93. The number of benzene rings is 2. The summed E-state index contributed by atoms with van der Waals surface area (Å²) >= 11 is 0. The first-order chi connectivity index (χ1) is 16.3. The van der Waals surface area contributed by atoms with E-state index in [0.717, 1.165) is 22.3 Å². The van der Waals surface area contributed by atoms with Gasteiger partial charge >= 0.3 is 12.1 Å². The Morgan fingerprint density at radius 2 is 1.71 bits per heavy atom. The number of aliphatic carboxylic acids is 1. The van der Waals surface area contributed by atoms with Crippen molar-refractivity contribution < 1.29 is 24.2 Å². The number of carbonyl (C=O) groups excluding carboxylic acids is 2. The topological polar surface area (TPSA) is 123 Å². The van der Waals surface area contributed by atoms with Gasteiger partial charge in [0.2, 0.25) is 0 Å². The van der Waals surface area contributed by atoms with Gasteiger partial charge in [-0.3, -0.25) is 19.6 Å². The minimum absolute atomic E-state index is 0.00710. The molecule has 0 bridgehead atoms. The highest BCUT2D eigenvalue weighted by Crippen LogP contribution is 2.44. The number of nitrogens with zero attached hydrogens (tertiary/aromatic N) is 2. The van der Waals surface area contributed by atoms with Gasteiger partial charge in [0, 0.05) is 19.2 Å². The van der Waals surface area contributed by atoms with E-state index in [9.17, 15) is 14.4 Å². The number of amides is 2. The van der Waals surface area contributed by atoms with Crippen LogP contribution in [-0.2, 0) is 16.6 Å². The molecule has 0 saturated heterocycles. The van der Waals surface area contributed by atoms with Crippen LogP contribution >= 0.6 is 0 Å². The van der Waals surface area contributed by atoms with Crippen LogP contribution in [0.1, 0.15) is 46.8 Å². The molecule has 0 aliphatic heterocycles. The molecule has 3 aromatic rings. The number of carboxylic acid groups (broad SMARTS) is 1. The van der Waals surface area contributed by atoms with Crippen LogP contribution in [0.15, 0.2) is 54.7 Å². The van der Waals surface area contributed by atoms with E-state index >= 15 is 0 Å². The fourth-order valence-electron chi connectivity index (χ4n) is 4.58. The smallest absolute Gasteiger partial charge is 0.411 e. The minimum atomic E-state index is -0.976. The average molecular weight is 460 g/mol. The van der Waals surface area contributed by atoms with Crippen LogP contribution in [0.25, 0.3) is 11.1 Å². The molecule has 2 aromatic carbocycles. The fraction of sp³-hybridized carbons (Fsp3) is 0.280. The molecule has 0 atom stereocenters. The maximum atomic E-state index is 12.8. The highest BCUT2D eigenvalue weighted by Gasteiger charge is 2.46. The van der Waals surface area contributed by atoms with Gasteiger partial charge in [-0.15, -0.1) is 0 Å². The number of fused-ring (bicyclic) bond motifs is 3. The number of aryl methyl sites for hydroxylation is 1. The van der Waals surface area contributed by atoms with Crippen LogP contribution < -0.4 is 10.6 Å². The quantitative estimate of drug-likeness (QED) is 0.496. The first-order valence-electron chi connectivity index (χ1n) is 11.1. The van der Waals surface area contributed by atoms with E-state index in [4.69, 9.17) is 9.84 Å². The standard InChI is InChI=1S/C25H24N4O5/c1-29-13-20(22(28-29)23(32)27-25(10-11-25)12-21(30)31)26-24(33)34-14-19-17-8-4-2-6-15(17)16-7-3-5-9-18(16)19/h2-9,13,19H,10-12,14H2,1H3,(H,26,33)(H,27,32)(H,30,31). The van der Waals surface area contributed by atoms with Crippen molar-refractivity contribution in [3.05, 3.63) is 71.5 Å². The Morgan fingerprint density at radius 1 is 1.09 bits per heavy atom. The molecule has 2 aliphatic rings. The molecular weight excluding hydrogens is 436 g/mol. The van der Waals surface area contributed by atoms with Gasteiger partial charge < -0.3 is 15.2 Å². The third-order valence-electron chi connectivity index (χ3n) is 6.35. The van der Waals surface area contributed by atoms with Gasteiger partial charge in [0.05, 0.1) is 17.6 Å². The van der Waals surface area contributed by atoms with Gasteiger partial charge in [-0.25, -0.2) is 4.79 Å². The molecule has 9 nitrogen and oxygen atoms in total. The number of hydrogen-bond donors (Lipinski definition) is 3. The molecule has 1 saturated carbocycles. The average Bonchev–Trinajstić information content (AvgIpc) is 3.31. The van der Waals surface area contributed by atoms with Gasteiger partial charge in [0.25, 0.3) is 5.91 Å². The molecule has 0 radical (unpaired) electrons. The lowest BCUT2D eigenvalue weighted by Gasteiger charge is -2.16. The summed E-state index contributed by atoms with van der Waals surface area (Å²) in [6.07, 6.45) is 1.84. The van der Waals surface area contributed by atoms with Gasteiger partial charge in [0.15, 0.2) is 5.69 Å². The van der Waals surface area contributed by atoms with Gasteiger partial charge in [-0.05, 0) is 35.1 Å². The zero-order chi connectivity index (χ0) is 23.9. The number of ether oxygens (including phenoxy) is 1. The van der Waals surface area contributed by atoms with E-state index in [2.05, 4.69) is 27.9 Å². The number of hydrogen-bond acceptors (Lipinski definition) is 5. The Morgan fingerprint density at radius 3 is 2.29 bits per heavy atom. The summed E-state index contributed by atoms with van der Waals surface area (Å²) in [7, 11) is 1.63. The van der Waals surface area contributed by atoms with Crippen LogP contribution in [0.5, 0.6) is 0 Å². The molecule has 9 heteroatoms. The summed E-state index contributed by atoms with van der Waals surface area (Å²) < 4.78 is 6.96. The molecule has 3 N–H and O–H groups in total. The third-order valence-corrected chi connectivity index (χ3v) is 6.35. The number of carbonyl (C=O) groups is 3. The van der Waals surface area contributed by atoms with Gasteiger partial charge in [-0.1, -0.05) is 48.5 Å². The molecule has 5 rings (SSSR count). The lowest BCUT2D eigenvalue weighted by molar-refractivity contribution is -0.137. The number of nitrogens with one attached hydrogen (secondary N) is 2. The summed E-state index contributed by atoms with van der Waals surface area (Å²) in [5, 5.41) is 18.6. The normalized spacial score (nSPS) is 15.2. The fourth-order valence-corrected chi connectivity index (χ4v) is 4.58. The third kappa shape index (κ3) is 4.12. The largest absolute Gasteiger partial charge is 0.481 e. The Kier molecular flexibility index (Phi) is 5.31. The molecule has 0 spiro atoms. The van der Waals surface area contributed by atoms with E-state index in [-0.39, 0.29) is 30.3 Å². The van der Waals surface area contributed by atoms with E-state index in [1.54, 1.807) is 7.05 Å². The van der Waals surface area contributed by atoms with Crippen molar-refractivity contribution in [2.24, 2.45) is 7.05 Å². The van der Waals surface area contributed by atoms with Crippen LogP contribution in [0.2, 0.25) is 0 Å². The number of rotatable bonds is 7. The monoisotopic (exact) mass is 460 g/mol. The molecular formula is C25H24N4O5. The number of anilines is 1. The molecule has 1 heterocycles. The summed E-state index contributed by atoms with van der Waals surface area (Å²) in [6.45, 7) is 0.142. The molecule has 2 aliphatic carbocycles. The van der Waals surface area contributed by atoms with Crippen LogP contribution in [-0.4, -0.2) is 45.0 Å². The van der Waals surface area contributed by atoms with Crippen LogP contribution in [0, 0.1) is 0 Å². The van der Waals surface area contributed by atoms with E-state index in [0.29, 0.717) is 12.8 Å². The molecule has 0 unspecified atom stereocenters. The molecule has 34 heavy (non-hydrogen) atoms. The Hall–Kier alpha value is -4.14. The van der Waals surface area contributed by atoms with Crippen molar-refractivity contribution in [2.75, 3.05) is 11.9 Å². The maximum Gasteiger partial charge on any atom is 0.411 e. The lowest BCUT2D eigenvalue weighted by Crippen LogP contribution is -2.39. The lowest BCUT2D eigenvalue weighted by atomic mass is 9.98. The van der Waals surface area contributed by atoms with Gasteiger partial charge in [-0.2, -0.15) is 5.10 Å². The zero-order valence-corrected chi connectivity index (χ0v) is 18.6. The Bertz CT molecular complexity index is 1250. The summed E-state index contributed by atoms with van der Waals surface area (Å²) in [6, 6.07) is 16.1. The zero-order valence-electron chi connectivity index (χ0n) is 18.6. The van der Waals surface area contributed by atoms with E-state index in [1.807, 2.05) is 36.4 Å². The van der Waals surface area contributed by atoms with Crippen LogP contribution in [0.3, 0.4) is 0 Å². The van der Waals surface area contributed by atoms with Crippen molar-refractivity contribution in [2.45, 2.75) is 30.7 Å². The summed E-state index contributed by atoms with van der Waals surface area (Å²) in [5.74, 6) is -1.59. The molecule has 1 fully saturated rings. The second-order valence-electron chi connectivity index (χ2n) is 8.82. The van der Waals surface area contributed by atoms with Crippen molar-refractivity contribution >= 4 is 23.7 Å². The first-order valence-corrected chi connectivity index (χ1v) is 11.1. The van der Waals surface area contributed by atoms with Gasteiger partial charge in [0.1, 0.15) is 6.61 Å². The van der Waals surface area contributed by atoms with Crippen molar-refractivity contribution in [3.8, 4) is 11.1 Å². The van der Waals surface area contributed by atoms with Crippen molar-refractivity contribution in [1.29, 1.82) is 0 Å². The first kappa shape index (κ1) is 21.7. The van der Waals surface area contributed by atoms with Crippen molar-refractivity contribution in [1.82, 2.24) is 15.1 Å². The molecule has 2 amide bonds. The molecule has 174 valence electrons. The second-order valence-corrected chi connectivity index (χ2v) is 8.82.